The van der Waals surface area contributed by atoms with Gasteiger partial charge in [0.25, 0.3) is 0 Å². The maximum atomic E-state index is 12.6. The summed E-state index contributed by atoms with van der Waals surface area (Å²) in [7, 11) is 4.65. The number of allylic oxidation sites excluding steroid dienone is 1. The van der Waals surface area contributed by atoms with E-state index in [0.717, 1.165) is 5.56 Å². The largest absolute Gasteiger partial charge is 0.493 e. The molecule has 1 aliphatic rings. The van der Waals surface area contributed by atoms with Crippen LogP contribution in [0.25, 0.3) is 0 Å². The first kappa shape index (κ1) is 19.0. The van der Waals surface area contributed by atoms with Crippen LogP contribution >= 0.6 is 12.2 Å². The summed E-state index contributed by atoms with van der Waals surface area (Å²) in [6.07, 6.45) is 0. The number of methoxy groups -OCH3 is 3. The Morgan fingerprint density at radius 2 is 1.96 bits per heavy atom. The molecule has 0 saturated heterocycles. The molecule has 136 valence electrons. The lowest BCUT2D eigenvalue weighted by molar-refractivity contribution is -0.140. The van der Waals surface area contributed by atoms with E-state index < -0.39 is 12.0 Å². The number of nitrogens with one attached hydrogen (secondary N) is 2. The Kier molecular flexibility index (Phi) is 6.60. The molecule has 7 nitrogen and oxygen atoms in total. The molecule has 0 unspecified atom stereocenters. The minimum absolute atomic E-state index is 0.165. The van der Waals surface area contributed by atoms with Crippen molar-refractivity contribution < 1.29 is 23.7 Å². The molecule has 2 rings (SSSR count). The van der Waals surface area contributed by atoms with Gasteiger partial charge in [0.05, 0.1) is 32.4 Å². The first-order valence-electron chi connectivity index (χ1n) is 7.68. The van der Waals surface area contributed by atoms with Crippen LogP contribution < -0.4 is 20.1 Å². The third kappa shape index (κ3) is 4.21. The molecule has 2 N–H and O–H groups in total. The van der Waals surface area contributed by atoms with Crippen molar-refractivity contribution in [2.75, 3.05) is 34.5 Å². The number of rotatable bonds is 7. The maximum absolute atomic E-state index is 12.6. The summed E-state index contributed by atoms with van der Waals surface area (Å²) < 4.78 is 21.1. The number of benzene rings is 1. The number of carbonyl (C=O) groups is 1. The van der Waals surface area contributed by atoms with E-state index in [1.807, 2.05) is 12.1 Å². The molecular formula is C17H22N2O5S. The maximum Gasteiger partial charge on any atom is 0.338 e. The van der Waals surface area contributed by atoms with Crippen LogP contribution in [-0.4, -0.2) is 45.6 Å². The third-order valence-electron chi connectivity index (χ3n) is 3.75. The summed E-state index contributed by atoms with van der Waals surface area (Å²) in [4.78, 5) is 12.6. The summed E-state index contributed by atoms with van der Waals surface area (Å²) >= 11 is 5.25. The van der Waals surface area contributed by atoms with Crippen LogP contribution in [0, 0.1) is 0 Å². The first-order valence-corrected chi connectivity index (χ1v) is 8.09. The van der Waals surface area contributed by atoms with Gasteiger partial charge in [-0.1, -0.05) is 12.1 Å². The molecular weight excluding hydrogens is 344 g/mol. The van der Waals surface area contributed by atoms with Crippen LogP contribution in [0.2, 0.25) is 0 Å². The van der Waals surface area contributed by atoms with Gasteiger partial charge < -0.3 is 29.6 Å². The van der Waals surface area contributed by atoms with Gasteiger partial charge >= 0.3 is 5.97 Å². The normalized spacial score (nSPS) is 16.8. The Morgan fingerprint density at radius 3 is 2.60 bits per heavy atom. The van der Waals surface area contributed by atoms with Gasteiger partial charge in [-0.05, 0) is 25.2 Å². The zero-order valence-electron chi connectivity index (χ0n) is 14.7. The first-order chi connectivity index (χ1) is 12.0. The van der Waals surface area contributed by atoms with Crippen LogP contribution in [0.4, 0.5) is 0 Å². The smallest absolute Gasteiger partial charge is 0.338 e. The molecule has 0 bridgehead atoms. The van der Waals surface area contributed by atoms with Crippen LogP contribution in [0.5, 0.6) is 11.5 Å². The Balaban J connectivity index is 2.44. The van der Waals surface area contributed by atoms with Gasteiger partial charge in [0.2, 0.25) is 0 Å². The zero-order chi connectivity index (χ0) is 18.4. The lowest BCUT2D eigenvalue weighted by Gasteiger charge is -2.31. The number of para-hydroxylation sites is 1. The Labute approximate surface area is 152 Å². The van der Waals surface area contributed by atoms with Crippen molar-refractivity contribution in [1.29, 1.82) is 0 Å². The highest BCUT2D eigenvalue weighted by molar-refractivity contribution is 7.80. The van der Waals surface area contributed by atoms with Gasteiger partial charge in [-0.3, -0.25) is 0 Å². The summed E-state index contributed by atoms with van der Waals surface area (Å²) in [5.74, 6) is 0.644. The van der Waals surface area contributed by atoms with E-state index in [2.05, 4.69) is 10.6 Å². The number of hydrogen-bond donors (Lipinski definition) is 2. The molecule has 0 amide bonds. The van der Waals surface area contributed by atoms with Crippen LogP contribution in [0.15, 0.2) is 29.5 Å². The number of hydrogen-bond acceptors (Lipinski definition) is 6. The molecule has 0 aromatic heterocycles. The second-order valence-electron chi connectivity index (χ2n) is 5.28. The summed E-state index contributed by atoms with van der Waals surface area (Å²) in [6.45, 7) is 2.27. The molecule has 0 aliphatic carbocycles. The quantitative estimate of drug-likeness (QED) is 0.429. The second kappa shape index (κ2) is 8.68. The van der Waals surface area contributed by atoms with Gasteiger partial charge in [0, 0.05) is 18.4 Å². The van der Waals surface area contributed by atoms with Crippen molar-refractivity contribution in [2.45, 2.75) is 13.0 Å². The van der Waals surface area contributed by atoms with Crippen LogP contribution in [0.1, 0.15) is 18.5 Å². The predicted molar refractivity (Wildman–Crippen MR) is 96.7 cm³/mol. The SMILES string of the molecule is COCCOC(=O)C1=C(C)NC(=S)N[C@H]1c1cccc(OC)c1OC. The van der Waals surface area contributed by atoms with E-state index >= 15 is 0 Å². The number of ether oxygens (including phenoxy) is 4. The molecule has 1 aliphatic heterocycles. The molecule has 1 aromatic carbocycles. The van der Waals surface area contributed by atoms with Crippen molar-refractivity contribution in [1.82, 2.24) is 10.6 Å². The Bertz CT molecular complexity index is 690. The van der Waals surface area contributed by atoms with Gasteiger partial charge in [-0.2, -0.15) is 0 Å². The van der Waals surface area contributed by atoms with Crippen LogP contribution in [0.3, 0.4) is 0 Å². The highest BCUT2D eigenvalue weighted by Gasteiger charge is 2.33. The highest BCUT2D eigenvalue weighted by atomic mass is 32.1. The standard InChI is InChI=1S/C17H22N2O5S/c1-10-13(16(20)24-9-8-21-2)14(19-17(25)18-10)11-6-5-7-12(22-3)15(11)23-4/h5-7,14H,8-9H2,1-4H3,(H2,18,19,25)/t14-/m0/s1. The van der Waals surface area contributed by atoms with Crippen LogP contribution in [-0.2, 0) is 14.3 Å². The van der Waals surface area contributed by atoms with Crippen molar-refractivity contribution in [2.24, 2.45) is 0 Å². The minimum Gasteiger partial charge on any atom is -0.493 e. The average molecular weight is 366 g/mol. The molecule has 8 heteroatoms. The molecule has 0 fully saturated rings. The minimum atomic E-state index is -0.520. The van der Waals surface area contributed by atoms with Gasteiger partial charge in [-0.25, -0.2) is 4.79 Å². The number of carbonyl (C=O) groups excluding carboxylic acids is 1. The summed E-state index contributed by atoms with van der Waals surface area (Å²) in [5.41, 5.74) is 1.78. The van der Waals surface area contributed by atoms with E-state index in [0.29, 0.717) is 34.5 Å². The van der Waals surface area contributed by atoms with Gasteiger partial charge in [0.15, 0.2) is 16.6 Å². The Morgan fingerprint density at radius 1 is 1.20 bits per heavy atom. The topological polar surface area (TPSA) is 78.1 Å². The number of thiocarbonyl (C=S) groups is 1. The highest BCUT2D eigenvalue weighted by Crippen LogP contribution is 2.38. The van der Waals surface area contributed by atoms with Crippen molar-refractivity contribution in [3.8, 4) is 11.5 Å². The monoisotopic (exact) mass is 366 g/mol. The average Bonchev–Trinajstić information content (AvgIpc) is 2.60. The molecule has 1 heterocycles. The van der Waals surface area contributed by atoms with Crippen molar-refractivity contribution in [3.05, 3.63) is 35.0 Å². The molecule has 25 heavy (non-hydrogen) atoms. The van der Waals surface area contributed by atoms with Crippen molar-refractivity contribution in [3.63, 3.8) is 0 Å². The fourth-order valence-electron chi connectivity index (χ4n) is 2.63. The molecule has 1 aromatic rings. The lowest BCUT2D eigenvalue weighted by Crippen LogP contribution is -2.45. The fraction of sp³-hybridized carbons (Fsp3) is 0.412. The van der Waals surface area contributed by atoms with E-state index in [-0.39, 0.29) is 6.61 Å². The van der Waals surface area contributed by atoms with Gasteiger partial charge in [-0.15, -0.1) is 0 Å². The molecule has 1 atom stereocenters. The number of esters is 1. The molecule has 0 saturated carbocycles. The van der Waals surface area contributed by atoms with Crippen molar-refractivity contribution >= 4 is 23.3 Å². The zero-order valence-corrected chi connectivity index (χ0v) is 15.5. The van der Waals surface area contributed by atoms with E-state index in [4.69, 9.17) is 31.2 Å². The van der Waals surface area contributed by atoms with E-state index in [1.54, 1.807) is 34.3 Å². The van der Waals surface area contributed by atoms with E-state index in [9.17, 15) is 4.79 Å². The second-order valence-corrected chi connectivity index (χ2v) is 5.69. The molecule has 0 radical (unpaired) electrons. The Hall–Kier alpha value is -2.32. The third-order valence-corrected chi connectivity index (χ3v) is 3.97. The summed E-state index contributed by atoms with van der Waals surface area (Å²) in [6, 6.07) is 4.94. The van der Waals surface area contributed by atoms with E-state index in [1.165, 1.54) is 0 Å². The lowest BCUT2D eigenvalue weighted by atomic mass is 9.94. The predicted octanol–water partition coefficient (Wildman–Crippen LogP) is 1.69. The fourth-order valence-corrected chi connectivity index (χ4v) is 2.90. The summed E-state index contributed by atoms with van der Waals surface area (Å²) in [5, 5.41) is 6.49. The molecule has 0 spiro atoms. The van der Waals surface area contributed by atoms with Gasteiger partial charge in [0.1, 0.15) is 6.61 Å².